The molecule has 4 heteroatoms. The molecular weight excluding hydrogens is 182 g/mol. The van der Waals surface area contributed by atoms with Crippen LogP contribution < -0.4 is 5.73 Å². The lowest BCUT2D eigenvalue weighted by molar-refractivity contribution is 0.813. The molecule has 3 nitrogen and oxygen atoms in total. The van der Waals surface area contributed by atoms with Crippen LogP contribution in [0.2, 0.25) is 0 Å². The number of nitrogens with zero attached hydrogens (tertiary/aromatic N) is 2. The summed E-state index contributed by atoms with van der Waals surface area (Å²) in [5, 5.41) is 0.985. The summed E-state index contributed by atoms with van der Waals surface area (Å²) >= 11 is 1.70. The highest BCUT2D eigenvalue weighted by molar-refractivity contribution is 7.99. The standard InChI is InChI=1S/C9H15N3S/c1-3-5-8-11-7(10)6-9(12-8)13-4-2/h6H,3-5H2,1-2H3,(H2,10,11,12). The number of nitrogen functional groups attached to an aromatic ring is 1. The van der Waals surface area contributed by atoms with E-state index in [2.05, 4.69) is 23.8 Å². The SMILES string of the molecule is CCCc1nc(N)cc(SCC)n1. The highest BCUT2D eigenvalue weighted by Gasteiger charge is 2.01. The van der Waals surface area contributed by atoms with Crippen LogP contribution >= 0.6 is 11.8 Å². The van der Waals surface area contributed by atoms with E-state index in [1.54, 1.807) is 11.8 Å². The molecule has 0 aliphatic carbocycles. The van der Waals surface area contributed by atoms with Gasteiger partial charge >= 0.3 is 0 Å². The van der Waals surface area contributed by atoms with Crippen molar-refractivity contribution in [3.63, 3.8) is 0 Å². The van der Waals surface area contributed by atoms with Gasteiger partial charge in [-0.15, -0.1) is 11.8 Å². The molecule has 0 radical (unpaired) electrons. The van der Waals surface area contributed by atoms with Crippen molar-refractivity contribution in [3.8, 4) is 0 Å². The van der Waals surface area contributed by atoms with Gasteiger partial charge in [-0.2, -0.15) is 0 Å². The topological polar surface area (TPSA) is 51.8 Å². The average molecular weight is 197 g/mol. The van der Waals surface area contributed by atoms with Crippen LogP contribution in [0.4, 0.5) is 5.82 Å². The van der Waals surface area contributed by atoms with Crippen molar-refractivity contribution in [3.05, 3.63) is 11.9 Å². The second-order valence-electron chi connectivity index (χ2n) is 2.73. The predicted molar refractivity (Wildman–Crippen MR) is 56.8 cm³/mol. The molecule has 0 aliphatic rings. The van der Waals surface area contributed by atoms with Gasteiger partial charge in [0.05, 0.1) is 0 Å². The van der Waals surface area contributed by atoms with Crippen molar-refractivity contribution in [2.45, 2.75) is 31.7 Å². The Bertz CT molecular complexity index is 251. The van der Waals surface area contributed by atoms with E-state index in [-0.39, 0.29) is 0 Å². The number of thioether (sulfide) groups is 1. The van der Waals surface area contributed by atoms with Crippen molar-refractivity contribution >= 4 is 17.6 Å². The second-order valence-corrected chi connectivity index (χ2v) is 4.01. The molecule has 1 aromatic heterocycles. The summed E-state index contributed by atoms with van der Waals surface area (Å²) in [6.45, 7) is 4.21. The van der Waals surface area contributed by atoms with Gasteiger partial charge in [0, 0.05) is 12.5 Å². The molecule has 0 aliphatic heterocycles. The maximum atomic E-state index is 5.66. The van der Waals surface area contributed by atoms with Gasteiger partial charge in [0.2, 0.25) is 0 Å². The highest BCUT2D eigenvalue weighted by Crippen LogP contribution is 2.16. The van der Waals surface area contributed by atoms with Crippen molar-refractivity contribution in [1.29, 1.82) is 0 Å². The molecule has 2 N–H and O–H groups in total. The summed E-state index contributed by atoms with van der Waals surface area (Å²) in [4.78, 5) is 8.54. The van der Waals surface area contributed by atoms with Gasteiger partial charge < -0.3 is 5.73 Å². The fourth-order valence-corrected chi connectivity index (χ4v) is 1.72. The Morgan fingerprint density at radius 3 is 2.77 bits per heavy atom. The monoisotopic (exact) mass is 197 g/mol. The highest BCUT2D eigenvalue weighted by atomic mass is 32.2. The summed E-state index contributed by atoms with van der Waals surface area (Å²) in [6.07, 6.45) is 1.96. The maximum Gasteiger partial charge on any atom is 0.132 e. The van der Waals surface area contributed by atoms with Gasteiger partial charge in [-0.1, -0.05) is 13.8 Å². The Morgan fingerprint density at radius 1 is 1.38 bits per heavy atom. The first-order chi connectivity index (χ1) is 6.26. The van der Waals surface area contributed by atoms with Crippen LogP contribution in [-0.4, -0.2) is 15.7 Å². The number of hydrogen-bond donors (Lipinski definition) is 1. The first-order valence-corrected chi connectivity index (χ1v) is 5.51. The van der Waals surface area contributed by atoms with Crippen LogP contribution in [-0.2, 0) is 6.42 Å². The van der Waals surface area contributed by atoms with Crippen LogP contribution in [0, 0.1) is 0 Å². The minimum atomic E-state index is 0.578. The van der Waals surface area contributed by atoms with E-state index in [1.165, 1.54) is 0 Å². The van der Waals surface area contributed by atoms with Crippen LogP contribution in [0.3, 0.4) is 0 Å². The summed E-state index contributed by atoms with van der Waals surface area (Å²) in [7, 11) is 0. The Balaban J connectivity index is 2.83. The summed E-state index contributed by atoms with van der Waals surface area (Å²) in [5.41, 5.74) is 5.66. The number of aromatic nitrogens is 2. The van der Waals surface area contributed by atoms with Gasteiger partial charge in [0.1, 0.15) is 16.7 Å². The number of nitrogens with two attached hydrogens (primary N) is 1. The lowest BCUT2D eigenvalue weighted by Crippen LogP contribution is -2.00. The summed E-state index contributed by atoms with van der Waals surface area (Å²) in [6, 6.07) is 1.83. The molecule has 0 unspecified atom stereocenters. The average Bonchev–Trinajstić information content (AvgIpc) is 2.04. The van der Waals surface area contributed by atoms with E-state index in [0.29, 0.717) is 5.82 Å². The largest absolute Gasteiger partial charge is 0.384 e. The number of anilines is 1. The third-order valence-electron chi connectivity index (χ3n) is 1.53. The van der Waals surface area contributed by atoms with Crippen molar-refractivity contribution in [1.82, 2.24) is 9.97 Å². The van der Waals surface area contributed by atoms with Crippen LogP contribution in [0.1, 0.15) is 26.1 Å². The fourth-order valence-electron chi connectivity index (χ4n) is 1.05. The van der Waals surface area contributed by atoms with E-state index in [1.807, 2.05) is 6.07 Å². The van der Waals surface area contributed by atoms with Crippen LogP contribution in [0.25, 0.3) is 0 Å². The number of aryl methyl sites for hydroxylation is 1. The fraction of sp³-hybridized carbons (Fsp3) is 0.556. The molecule has 0 saturated heterocycles. The second kappa shape index (κ2) is 5.07. The third-order valence-corrected chi connectivity index (χ3v) is 2.33. The smallest absolute Gasteiger partial charge is 0.132 e. The van der Waals surface area contributed by atoms with Crippen LogP contribution in [0.15, 0.2) is 11.1 Å². The predicted octanol–water partition coefficient (Wildman–Crippen LogP) is 2.12. The van der Waals surface area contributed by atoms with Gasteiger partial charge in [0.15, 0.2) is 0 Å². The number of hydrogen-bond acceptors (Lipinski definition) is 4. The molecule has 0 atom stereocenters. The normalized spacial score (nSPS) is 10.3. The first-order valence-electron chi connectivity index (χ1n) is 4.52. The van der Waals surface area contributed by atoms with E-state index in [0.717, 1.165) is 29.4 Å². The number of rotatable bonds is 4. The Kier molecular flexibility index (Phi) is 4.02. The minimum absolute atomic E-state index is 0.578. The molecule has 0 saturated carbocycles. The first kappa shape index (κ1) is 10.3. The maximum absolute atomic E-state index is 5.66. The van der Waals surface area contributed by atoms with Gasteiger partial charge in [-0.25, -0.2) is 9.97 Å². The van der Waals surface area contributed by atoms with E-state index in [4.69, 9.17) is 5.73 Å². The van der Waals surface area contributed by atoms with Crippen molar-refractivity contribution < 1.29 is 0 Å². The van der Waals surface area contributed by atoms with E-state index < -0.39 is 0 Å². The summed E-state index contributed by atoms with van der Waals surface area (Å²) < 4.78 is 0. The van der Waals surface area contributed by atoms with E-state index >= 15 is 0 Å². The molecule has 1 aromatic rings. The van der Waals surface area contributed by atoms with Gasteiger partial charge in [-0.05, 0) is 12.2 Å². The van der Waals surface area contributed by atoms with Gasteiger partial charge in [0.25, 0.3) is 0 Å². The van der Waals surface area contributed by atoms with E-state index in [9.17, 15) is 0 Å². The Morgan fingerprint density at radius 2 is 2.15 bits per heavy atom. The van der Waals surface area contributed by atoms with Crippen LogP contribution in [0.5, 0.6) is 0 Å². The van der Waals surface area contributed by atoms with Crippen molar-refractivity contribution in [2.75, 3.05) is 11.5 Å². The molecule has 13 heavy (non-hydrogen) atoms. The molecule has 0 bridgehead atoms. The van der Waals surface area contributed by atoms with Crippen molar-refractivity contribution in [2.24, 2.45) is 0 Å². The zero-order chi connectivity index (χ0) is 9.68. The molecule has 0 spiro atoms. The molecule has 1 rings (SSSR count). The summed E-state index contributed by atoms with van der Waals surface area (Å²) in [5.74, 6) is 2.45. The molecule has 72 valence electrons. The zero-order valence-corrected chi connectivity index (χ0v) is 8.90. The molecule has 0 fully saturated rings. The van der Waals surface area contributed by atoms with Gasteiger partial charge in [-0.3, -0.25) is 0 Å². The third kappa shape index (κ3) is 3.22. The quantitative estimate of drug-likeness (QED) is 0.593. The minimum Gasteiger partial charge on any atom is -0.384 e. The molecule has 1 heterocycles. The Hall–Kier alpha value is -0.770. The lowest BCUT2D eigenvalue weighted by Gasteiger charge is -2.02. The molecular formula is C9H15N3S. The lowest BCUT2D eigenvalue weighted by atomic mass is 10.3. The zero-order valence-electron chi connectivity index (χ0n) is 8.08. The molecule has 0 aromatic carbocycles. The molecule has 0 amide bonds. The Labute approximate surface area is 83.2 Å².